The lowest BCUT2D eigenvalue weighted by molar-refractivity contribution is 0.414. The first-order chi connectivity index (χ1) is 8.69. The highest BCUT2D eigenvalue weighted by atomic mass is 16.5. The van der Waals surface area contributed by atoms with Gasteiger partial charge in [0, 0.05) is 17.6 Å². The van der Waals surface area contributed by atoms with Gasteiger partial charge in [-0.25, -0.2) is 0 Å². The van der Waals surface area contributed by atoms with E-state index in [9.17, 15) is 5.26 Å². The number of benzene rings is 1. The van der Waals surface area contributed by atoms with E-state index in [2.05, 4.69) is 16.7 Å². The van der Waals surface area contributed by atoms with Crippen molar-refractivity contribution in [1.82, 2.24) is 4.57 Å². The molecule has 2 aromatic rings. The maximum atomic E-state index is 9.39. The lowest BCUT2D eigenvalue weighted by Gasteiger charge is -2.10. The van der Waals surface area contributed by atoms with Gasteiger partial charge in [0.25, 0.3) is 0 Å². The quantitative estimate of drug-likeness (QED) is 0.779. The van der Waals surface area contributed by atoms with Crippen LogP contribution in [0.1, 0.15) is 23.2 Å². The SMILES string of the molecule is COc1c(C)cc2c(c1N)c(C#N)c1n2CCC1. The average molecular weight is 241 g/mol. The maximum absolute atomic E-state index is 9.39. The van der Waals surface area contributed by atoms with Crippen LogP contribution in [0.15, 0.2) is 6.07 Å². The molecular weight excluding hydrogens is 226 g/mol. The van der Waals surface area contributed by atoms with Gasteiger partial charge in [0.1, 0.15) is 11.8 Å². The Bertz CT molecular complexity index is 692. The van der Waals surface area contributed by atoms with Crippen LogP contribution < -0.4 is 10.5 Å². The van der Waals surface area contributed by atoms with Gasteiger partial charge < -0.3 is 15.0 Å². The Morgan fingerprint density at radius 3 is 2.94 bits per heavy atom. The summed E-state index contributed by atoms with van der Waals surface area (Å²) in [5.74, 6) is 0.684. The van der Waals surface area contributed by atoms with E-state index < -0.39 is 0 Å². The van der Waals surface area contributed by atoms with Crippen LogP contribution in [0.5, 0.6) is 5.75 Å². The fourth-order valence-corrected chi connectivity index (χ4v) is 3.02. The Hall–Kier alpha value is -2.15. The van der Waals surface area contributed by atoms with Crippen molar-refractivity contribution in [3.05, 3.63) is 22.9 Å². The lowest BCUT2D eigenvalue weighted by atomic mass is 10.0. The number of nitrogen functional groups attached to an aromatic ring is 1. The fourth-order valence-electron chi connectivity index (χ4n) is 3.02. The summed E-state index contributed by atoms with van der Waals surface area (Å²) in [6, 6.07) is 4.38. The van der Waals surface area contributed by atoms with Crippen molar-refractivity contribution in [2.45, 2.75) is 26.3 Å². The standard InChI is InChI=1S/C14H15N3O/c1-8-6-11-12(13(16)14(8)18-2)9(7-15)10-4-3-5-17(10)11/h6H,3-5,16H2,1-2H3. The zero-order valence-corrected chi connectivity index (χ0v) is 10.6. The molecule has 0 radical (unpaired) electrons. The summed E-state index contributed by atoms with van der Waals surface area (Å²) in [5.41, 5.74) is 10.7. The number of ether oxygens (including phenoxy) is 1. The topological polar surface area (TPSA) is 64.0 Å². The number of anilines is 1. The molecule has 0 atom stereocenters. The molecule has 4 heteroatoms. The number of nitriles is 1. The summed E-state index contributed by atoms with van der Waals surface area (Å²) >= 11 is 0. The minimum absolute atomic E-state index is 0.589. The number of methoxy groups -OCH3 is 1. The molecule has 0 saturated heterocycles. The number of aryl methyl sites for hydroxylation is 2. The first-order valence-corrected chi connectivity index (χ1v) is 6.07. The third-order valence-corrected chi connectivity index (χ3v) is 3.75. The van der Waals surface area contributed by atoms with Crippen LogP contribution in [0.2, 0.25) is 0 Å². The maximum Gasteiger partial charge on any atom is 0.145 e. The third-order valence-electron chi connectivity index (χ3n) is 3.75. The van der Waals surface area contributed by atoms with Gasteiger partial charge in [0.05, 0.1) is 23.9 Å². The van der Waals surface area contributed by atoms with Crippen LogP contribution in [0, 0.1) is 18.3 Å². The number of hydrogen-bond donors (Lipinski definition) is 1. The number of aromatic nitrogens is 1. The van der Waals surface area contributed by atoms with Gasteiger partial charge in [0.2, 0.25) is 0 Å². The van der Waals surface area contributed by atoms with Gasteiger partial charge in [-0.2, -0.15) is 5.26 Å². The normalized spacial score (nSPS) is 13.6. The molecule has 3 rings (SSSR count). The summed E-state index contributed by atoms with van der Waals surface area (Å²) in [6.07, 6.45) is 2.06. The van der Waals surface area contributed by atoms with Crippen LogP contribution in [-0.2, 0) is 13.0 Å². The molecule has 92 valence electrons. The molecule has 1 aliphatic rings. The number of nitrogens with zero attached hydrogens (tertiary/aromatic N) is 2. The fraction of sp³-hybridized carbons (Fsp3) is 0.357. The molecule has 1 aliphatic heterocycles. The molecule has 2 N–H and O–H groups in total. The van der Waals surface area contributed by atoms with Gasteiger partial charge in [-0.3, -0.25) is 0 Å². The lowest BCUT2D eigenvalue weighted by Crippen LogP contribution is -1.98. The van der Waals surface area contributed by atoms with E-state index in [0.717, 1.165) is 47.1 Å². The van der Waals surface area contributed by atoms with E-state index in [1.165, 1.54) is 0 Å². The van der Waals surface area contributed by atoms with E-state index >= 15 is 0 Å². The highest BCUT2D eigenvalue weighted by molar-refractivity contribution is 6.01. The molecule has 0 bridgehead atoms. The molecule has 0 aliphatic carbocycles. The van der Waals surface area contributed by atoms with Gasteiger partial charge in [0.15, 0.2) is 0 Å². The molecule has 2 heterocycles. The number of nitrogens with two attached hydrogens (primary N) is 1. The molecule has 0 saturated carbocycles. The molecule has 0 fully saturated rings. The minimum Gasteiger partial charge on any atom is -0.494 e. The molecule has 0 spiro atoms. The van der Waals surface area contributed by atoms with Gasteiger partial charge in [-0.1, -0.05) is 0 Å². The molecule has 1 aromatic heterocycles. The van der Waals surface area contributed by atoms with Crippen molar-refractivity contribution < 1.29 is 4.74 Å². The Morgan fingerprint density at radius 1 is 1.50 bits per heavy atom. The molecule has 18 heavy (non-hydrogen) atoms. The van der Waals surface area contributed by atoms with Crippen molar-refractivity contribution in [3.63, 3.8) is 0 Å². The second kappa shape index (κ2) is 3.67. The highest BCUT2D eigenvalue weighted by Gasteiger charge is 2.24. The van der Waals surface area contributed by atoms with Gasteiger partial charge >= 0.3 is 0 Å². The molecule has 1 aromatic carbocycles. The van der Waals surface area contributed by atoms with Crippen molar-refractivity contribution in [2.75, 3.05) is 12.8 Å². The van der Waals surface area contributed by atoms with Crippen LogP contribution in [0.4, 0.5) is 5.69 Å². The van der Waals surface area contributed by atoms with E-state index in [4.69, 9.17) is 10.5 Å². The largest absolute Gasteiger partial charge is 0.494 e. The first-order valence-electron chi connectivity index (χ1n) is 6.07. The molecule has 4 nitrogen and oxygen atoms in total. The smallest absolute Gasteiger partial charge is 0.145 e. The Labute approximate surface area is 106 Å². The summed E-state index contributed by atoms with van der Waals surface area (Å²) in [7, 11) is 1.61. The summed E-state index contributed by atoms with van der Waals surface area (Å²) in [6.45, 7) is 2.95. The first kappa shape index (κ1) is 11.0. The zero-order valence-electron chi connectivity index (χ0n) is 10.6. The number of rotatable bonds is 1. The second-order valence-corrected chi connectivity index (χ2v) is 4.72. The van der Waals surface area contributed by atoms with E-state index in [0.29, 0.717) is 11.4 Å². The predicted octanol–water partition coefficient (Wildman–Crippen LogP) is 2.36. The summed E-state index contributed by atoms with van der Waals surface area (Å²) in [5, 5.41) is 10.2. The molecule has 0 unspecified atom stereocenters. The highest BCUT2D eigenvalue weighted by Crippen LogP contribution is 2.40. The average Bonchev–Trinajstić information content (AvgIpc) is 2.90. The van der Waals surface area contributed by atoms with E-state index in [-0.39, 0.29) is 0 Å². The van der Waals surface area contributed by atoms with Crippen molar-refractivity contribution >= 4 is 16.6 Å². The van der Waals surface area contributed by atoms with Crippen LogP contribution in [-0.4, -0.2) is 11.7 Å². The molecule has 0 amide bonds. The Morgan fingerprint density at radius 2 is 2.28 bits per heavy atom. The van der Waals surface area contributed by atoms with Gasteiger partial charge in [-0.05, 0) is 31.4 Å². The molecular formula is C14H15N3O. The van der Waals surface area contributed by atoms with Crippen molar-refractivity contribution in [2.24, 2.45) is 0 Å². The Kier molecular flexibility index (Phi) is 2.24. The van der Waals surface area contributed by atoms with Crippen LogP contribution in [0.3, 0.4) is 0 Å². The third kappa shape index (κ3) is 1.19. The Balaban J connectivity index is 2.50. The zero-order chi connectivity index (χ0) is 12.9. The van der Waals surface area contributed by atoms with Crippen molar-refractivity contribution in [1.29, 1.82) is 5.26 Å². The number of hydrogen-bond acceptors (Lipinski definition) is 3. The van der Waals surface area contributed by atoms with Gasteiger partial charge in [-0.15, -0.1) is 0 Å². The van der Waals surface area contributed by atoms with E-state index in [1.54, 1.807) is 7.11 Å². The van der Waals surface area contributed by atoms with Crippen molar-refractivity contribution in [3.8, 4) is 11.8 Å². The van der Waals surface area contributed by atoms with E-state index in [1.807, 2.05) is 6.92 Å². The summed E-state index contributed by atoms with van der Waals surface area (Å²) < 4.78 is 7.56. The monoisotopic (exact) mass is 241 g/mol. The second-order valence-electron chi connectivity index (χ2n) is 4.72. The van der Waals surface area contributed by atoms with Crippen LogP contribution >= 0.6 is 0 Å². The summed E-state index contributed by atoms with van der Waals surface area (Å²) in [4.78, 5) is 0. The van der Waals surface area contributed by atoms with Crippen LogP contribution in [0.25, 0.3) is 10.9 Å². The minimum atomic E-state index is 0.589. The number of fused-ring (bicyclic) bond motifs is 3. The predicted molar refractivity (Wildman–Crippen MR) is 70.7 cm³/mol.